The Bertz CT molecular complexity index is 972. The Balaban J connectivity index is 2.59. The standard InChI is InChI=1S/C19H30N4O8P2S2/c1-5-28-32(26,29-6-2)17(33(27,30-7-3)31-8-4)14(16(25)23-19-21-10-12-35-19)13-15(24)22-18-20-9-11-34-18/h9-12,14,17H,5-8,13H2,1-4H3,(H,20,22,24)(H,21,23,25). The number of thiazole rings is 2. The van der Waals surface area contributed by atoms with E-state index in [1.54, 1.807) is 38.5 Å². The van der Waals surface area contributed by atoms with Crippen molar-refractivity contribution < 1.29 is 36.8 Å². The molecule has 0 saturated heterocycles. The Labute approximate surface area is 212 Å². The molecule has 1 unspecified atom stereocenters. The molecule has 0 fully saturated rings. The summed E-state index contributed by atoms with van der Waals surface area (Å²) < 4.78 is 50.1. The quantitative estimate of drug-likeness (QED) is 0.263. The van der Waals surface area contributed by atoms with Crippen molar-refractivity contribution in [3.8, 4) is 0 Å². The number of hydrogen-bond donors (Lipinski definition) is 2. The van der Waals surface area contributed by atoms with Crippen molar-refractivity contribution in [1.29, 1.82) is 0 Å². The number of nitrogens with one attached hydrogen (secondary N) is 2. The van der Waals surface area contributed by atoms with E-state index in [2.05, 4.69) is 20.6 Å². The monoisotopic (exact) mass is 568 g/mol. The number of rotatable bonds is 16. The molecule has 196 valence electrons. The maximum Gasteiger partial charge on any atom is 0.346 e. The zero-order valence-corrected chi connectivity index (χ0v) is 23.3. The van der Waals surface area contributed by atoms with E-state index in [0.29, 0.717) is 5.13 Å². The van der Waals surface area contributed by atoms with Gasteiger partial charge in [-0.3, -0.25) is 18.7 Å². The van der Waals surface area contributed by atoms with Crippen LogP contribution in [0.5, 0.6) is 0 Å². The zero-order chi connectivity index (χ0) is 25.9. The summed E-state index contributed by atoms with van der Waals surface area (Å²) in [5, 5.41) is 7.31. The number of amides is 2. The highest BCUT2D eigenvalue weighted by atomic mass is 32.1. The molecule has 2 heterocycles. The molecule has 0 spiro atoms. The molecule has 16 heteroatoms. The molecule has 2 amide bonds. The molecule has 35 heavy (non-hydrogen) atoms. The van der Waals surface area contributed by atoms with Crippen LogP contribution >= 0.6 is 37.9 Å². The smallest absolute Gasteiger partial charge is 0.308 e. The minimum absolute atomic E-state index is 0.0713. The van der Waals surface area contributed by atoms with E-state index < -0.39 is 44.7 Å². The predicted molar refractivity (Wildman–Crippen MR) is 135 cm³/mol. The van der Waals surface area contributed by atoms with E-state index in [9.17, 15) is 18.7 Å². The van der Waals surface area contributed by atoms with Gasteiger partial charge in [-0.25, -0.2) is 9.97 Å². The topological polar surface area (TPSA) is 155 Å². The minimum Gasteiger partial charge on any atom is -0.308 e. The second-order valence-corrected chi connectivity index (χ2v) is 13.2. The second-order valence-electron chi connectivity index (χ2n) is 6.69. The Kier molecular flexibility index (Phi) is 12.1. The van der Waals surface area contributed by atoms with Crippen molar-refractivity contribution in [1.82, 2.24) is 9.97 Å². The maximum absolute atomic E-state index is 14.0. The molecule has 0 aliphatic rings. The summed E-state index contributed by atoms with van der Waals surface area (Å²) in [7, 11) is -8.64. The van der Waals surface area contributed by atoms with Crippen LogP contribution in [-0.4, -0.2) is 53.6 Å². The summed E-state index contributed by atoms with van der Waals surface area (Å²) in [5.74, 6) is -2.88. The van der Waals surface area contributed by atoms with Gasteiger partial charge in [0.05, 0.1) is 32.3 Å². The van der Waals surface area contributed by atoms with Crippen molar-refractivity contribution in [3.05, 3.63) is 23.2 Å². The van der Waals surface area contributed by atoms with Crippen LogP contribution in [0, 0.1) is 5.92 Å². The largest absolute Gasteiger partial charge is 0.346 e. The van der Waals surface area contributed by atoms with Gasteiger partial charge < -0.3 is 28.7 Å². The Morgan fingerprint density at radius 3 is 1.63 bits per heavy atom. The van der Waals surface area contributed by atoms with Crippen LogP contribution in [-0.2, 0) is 36.8 Å². The fraction of sp³-hybridized carbons (Fsp3) is 0.579. The van der Waals surface area contributed by atoms with Crippen molar-refractivity contribution in [2.45, 2.75) is 39.5 Å². The van der Waals surface area contributed by atoms with E-state index in [1.807, 2.05) is 0 Å². The Hall–Kier alpha value is -1.50. The van der Waals surface area contributed by atoms with Gasteiger partial charge in [-0.2, -0.15) is 0 Å². The highest BCUT2D eigenvalue weighted by molar-refractivity contribution is 7.72. The average Bonchev–Trinajstić information content (AvgIpc) is 3.48. The first kappa shape index (κ1) is 29.7. The summed E-state index contributed by atoms with van der Waals surface area (Å²) in [6.07, 6.45) is 2.46. The van der Waals surface area contributed by atoms with Crippen molar-refractivity contribution in [2.75, 3.05) is 37.1 Å². The first-order valence-corrected chi connectivity index (χ1v) is 15.9. The molecule has 0 radical (unpaired) electrons. The second kappa shape index (κ2) is 14.3. The van der Waals surface area contributed by atoms with Gasteiger partial charge in [-0.1, -0.05) is 0 Å². The van der Waals surface area contributed by atoms with Gasteiger partial charge >= 0.3 is 15.2 Å². The molecular weight excluding hydrogens is 538 g/mol. The number of anilines is 2. The summed E-state index contributed by atoms with van der Waals surface area (Å²) in [4.78, 5) is 34.5. The van der Waals surface area contributed by atoms with Crippen LogP contribution in [0.2, 0.25) is 0 Å². The Morgan fingerprint density at radius 1 is 0.829 bits per heavy atom. The molecule has 1 atom stereocenters. The van der Waals surface area contributed by atoms with E-state index >= 15 is 0 Å². The van der Waals surface area contributed by atoms with Crippen molar-refractivity contribution in [2.24, 2.45) is 5.92 Å². The SMILES string of the molecule is CCOP(=O)(OCC)C(C(CC(=O)Nc1nccs1)C(=O)Nc1nccs1)P(=O)(OCC)OCC. The van der Waals surface area contributed by atoms with Crippen molar-refractivity contribution >= 4 is 59.9 Å². The van der Waals surface area contributed by atoms with Gasteiger partial charge in [0.1, 0.15) is 0 Å². The molecule has 2 aromatic heterocycles. The molecule has 0 saturated carbocycles. The lowest BCUT2D eigenvalue weighted by Crippen LogP contribution is -2.37. The van der Waals surface area contributed by atoms with Gasteiger partial charge in [0.25, 0.3) is 0 Å². The highest BCUT2D eigenvalue weighted by Crippen LogP contribution is 2.73. The lowest BCUT2D eigenvalue weighted by atomic mass is 10.1. The van der Waals surface area contributed by atoms with Crippen LogP contribution in [0.3, 0.4) is 0 Å². The number of nitrogens with zero attached hydrogens (tertiary/aromatic N) is 2. The van der Waals surface area contributed by atoms with E-state index in [-0.39, 0.29) is 31.6 Å². The molecular formula is C19H30N4O8P2S2. The predicted octanol–water partition coefficient (Wildman–Crippen LogP) is 5.04. The average molecular weight is 569 g/mol. The summed E-state index contributed by atoms with van der Waals surface area (Å²) in [6.45, 7) is 6.03. The van der Waals surface area contributed by atoms with Crippen LogP contribution in [0.1, 0.15) is 34.1 Å². The normalized spacial score (nSPS) is 13.1. The van der Waals surface area contributed by atoms with Gasteiger partial charge in [0, 0.05) is 29.6 Å². The van der Waals surface area contributed by atoms with Crippen LogP contribution < -0.4 is 10.6 Å². The number of hydrogen-bond acceptors (Lipinski definition) is 12. The van der Waals surface area contributed by atoms with Gasteiger partial charge in [-0.05, 0) is 27.7 Å². The van der Waals surface area contributed by atoms with E-state index in [1.165, 1.54) is 23.7 Å². The molecule has 2 rings (SSSR count). The molecule has 0 aliphatic heterocycles. The molecule has 0 aliphatic carbocycles. The number of aromatic nitrogens is 2. The van der Waals surface area contributed by atoms with Gasteiger partial charge in [0.2, 0.25) is 11.8 Å². The van der Waals surface area contributed by atoms with E-state index in [0.717, 1.165) is 11.3 Å². The van der Waals surface area contributed by atoms with Crippen molar-refractivity contribution in [3.63, 3.8) is 0 Å². The van der Waals surface area contributed by atoms with Crippen LogP contribution in [0.15, 0.2) is 23.2 Å². The van der Waals surface area contributed by atoms with Crippen LogP contribution in [0.4, 0.5) is 10.3 Å². The first-order valence-electron chi connectivity index (χ1n) is 10.9. The fourth-order valence-corrected chi connectivity index (χ4v) is 10.0. The summed E-state index contributed by atoms with van der Waals surface area (Å²) >= 11 is 2.33. The molecule has 2 aromatic rings. The molecule has 12 nitrogen and oxygen atoms in total. The third kappa shape index (κ3) is 8.26. The third-order valence-corrected chi connectivity index (χ3v) is 11.9. The van der Waals surface area contributed by atoms with Gasteiger partial charge in [0.15, 0.2) is 15.7 Å². The lowest BCUT2D eigenvalue weighted by Gasteiger charge is -2.35. The minimum atomic E-state index is -4.32. The van der Waals surface area contributed by atoms with Gasteiger partial charge in [-0.15, -0.1) is 22.7 Å². The van der Waals surface area contributed by atoms with E-state index in [4.69, 9.17) is 18.1 Å². The third-order valence-electron chi connectivity index (χ3n) is 4.33. The first-order chi connectivity index (χ1) is 16.7. The lowest BCUT2D eigenvalue weighted by molar-refractivity contribution is -0.124. The zero-order valence-electron chi connectivity index (χ0n) is 19.9. The fourth-order valence-electron chi connectivity index (χ4n) is 3.19. The molecule has 0 aromatic carbocycles. The highest BCUT2D eigenvalue weighted by Gasteiger charge is 2.57. The molecule has 2 N–H and O–H groups in total. The van der Waals surface area contributed by atoms with Crippen LogP contribution in [0.25, 0.3) is 0 Å². The Morgan fingerprint density at radius 2 is 1.26 bits per heavy atom. The summed E-state index contributed by atoms with van der Waals surface area (Å²) in [6, 6.07) is 0. The maximum atomic E-state index is 14.0. The number of carbonyl (C=O) groups excluding carboxylic acids is 2. The molecule has 0 bridgehead atoms. The number of carbonyl (C=O) groups is 2. The summed E-state index contributed by atoms with van der Waals surface area (Å²) in [5.41, 5.74) is 0.